The molecule has 12 N–H and O–H groups in total. The first kappa shape index (κ1) is 60.3. The zero-order chi connectivity index (χ0) is 29.1. The van der Waals surface area contributed by atoms with Gasteiger partial charge in [-0.2, -0.15) is 0 Å². The number of aliphatic hydroxyl groups excluding tert-OH is 8. The average molecular weight is 661 g/mol. The summed E-state index contributed by atoms with van der Waals surface area (Å²) in [6.07, 6.45) is 5.39. The topological polar surface area (TPSA) is 225 Å². The van der Waals surface area contributed by atoms with E-state index < -0.39 is 0 Å². The molecule has 0 aromatic heterocycles. The molecule has 0 amide bonds. The van der Waals surface area contributed by atoms with E-state index in [9.17, 15) is 0 Å². The fraction of sp³-hybridized carbons (Fsp3) is 1.00. The molecule has 248 valence electrons. The van der Waals surface area contributed by atoms with Crippen LogP contribution >= 0.6 is 0 Å². The predicted octanol–water partition coefficient (Wildman–Crippen LogP) is 2.02. The Hall–Kier alpha value is 1.03. The van der Waals surface area contributed by atoms with E-state index in [1.54, 1.807) is 0 Å². The van der Waals surface area contributed by atoms with Crippen molar-refractivity contribution in [2.24, 2.45) is 0 Å². The van der Waals surface area contributed by atoms with Crippen LogP contribution in [-0.4, -0.2) is 101 Å². The molecular formula is C28H68O10Ti2. The van der Waals surface area contributed by atoms with Crippen molar-refractivity contribution in [3.8, 4) is 0 Å². The molecule has 0 bridgehead atoms. The van der Waals surface area contributed by atoms with Crippen LogP contribution < -0.4 is 0 Å². The van der Waals surface area contributed by atoms with Crippen molar-refractivity contribution in [1.82, 2.24) is 0 Å². The summed E-state index contributed by atoms with van der Waals surface area (Å²) >= 11 is 0. The quantitative estimate of drug-likeness (QED) is 0.114. The summed E-state index contributed by atoms with van der Waals surface area (Å²) in [6, 6.07) is 0. The fourth-order valence-corrected chi connectivity index (χ4v) is 2.59. The van der Waals surface area contributed by atoms with Gasteiger partial charge < -0.3 is 51.8 Å². The molecule has 10 nitrogen and oxygen atoms in total. The first-order valence-electron chi connectivity index (χ1n) is 14.3. The Morgan fingerprint density at radius 3 is 0.400 bits per heavy atom. The van der Waals surface area contributed by atoms with Gasteiger partial charge in [-0.1, -0.05) is 55.4 Å². The van der Waals surface area contributed by atoms with Crippen molar-refractivity contribution < 1.29 is 95.2 Å². The summed E-state index contributed by atoms with van der Waals surface area (Å²) in [5, 5.41) is 72.0. The van der Waals surface area contributed by atoms with Gasteiger partial charge in [0, 0.05) is 43.4 Å². The van der Waals surface area contributed by atoms with E-state index in [0.29, 0.717) is 25.7 Å². The van der Waals surface area contributed by atoms with E-state index in [0.717, 1.165) is 51.4 Å². The van der Waals surface area contributed by atoms with Gasteiger partial charge in [0.1, 0.15) is 0 Å². The van der Waals surface area contributed by atoms with Gasteiger partial charge in [-0.05, 0) is 77.0 Å². The molecule has 8 unspecified atom stereocenters. The maximum atomic E-state index is 9.00. The number of hydrogen-bond donors (Lipinski definition) is 8. The Morgan fingerprint density at radius 1 is 0.275 bits per heavy atom. The maximum absolute atomic E-state index is 9.00. The van der Waals surface area contributed by atoms with Crippen LogP contribution in [0.2, 0.25) is 0 Å². The Morgan fingerprint density at radius 2 is 0.350 bits per heavy atom. The van der Waals surface area contributed by atoms with E-state index in [1.165, 1.54) is 0 Å². The summed E-state index contributed by atoms with van der Waals surface area (Å²) in [4.78, 5) is 0. The van der Waals surface area contributed by atoms with Crippen LogP contribution in [-0.2, 0) is 43.4 Å². The molecular weight excluding hydrogens is 592 g/mol. The smallest absolute Gasteiger partial charge is 0.0562 e. The molecule has 0 spiro atoms. The second-order valence-electron chi connectivity index (χ2n) is 9.44. The molecule has 0 aromatic carbocycles. The molecule has 0 aromatic rings. The monoisotopic (exact) mass is 660 g/mol. The molecule has 0 saturated heterocycles. The van der Waals surface area contributed by atoms with Crippen molar-refractivity contribution in [3.63, 3.8) is 0 Å². The van der Waals surface area contributed by atoms with E-state index in [1.807, 2.05) is 55.4 Å². The van der Waals surface area contributed by atoms with Crippen LogP contribution in [0, 0.1) is 0 Å². The van der Waals surface area contributed by atoms with E-state index in [2.05, 4.69) is 0 Å². The normalized spacial score (nSPS) is 15.6. The summed E-state index contributed by atoms with van der Waals surface area (Å²) in [7, 11) is 0. The SMILES string of the molecule is CCC(O)CC(O)CC.CCC(O)CC(O)CC.CCC(O)CC(O)CC.CCC(O)CC(O)CC.O.O.[Ti].[Ti]. The Bertz CT molecular complexity index is 311. The van der Waals surface area contributed by atoms with Crippen LogP contribution in [0.15, 0.2) is 0 Å². The molecule has 0 rings (SSSR count). The molecule has 12 heteroatoms. The first-order valence-corrected chi connectivity index (χ1v) is 14.3. The molecule has 0 fully saturated rings. The van der Waals surface area contributed by atoms with E-state index >= 15 is 0 Å². The van der Waals surface area contributed by atoms with Gasteiger partial charge in [-0.3, -0.25) is 0 Å². The van der Waals surface area contributed by atoms with Crippen LogP contribution in [0.5, 0.6) is 0 Å². The average Bonchev–Trinajstić information content (AvgIpc) is 2.88. The minimum atomic E-state index is -0.319. The second kappa shape index (κ2) is 44.5. The van der Waals surface area contributed by atoms with Crippen molar-refractivity contribution in [2.45, 2.75) is 181 Å². The van der Waals surface area contributed by atoms with E-state index in [4.69, 9.17) is 40.9 Å². The van der Waals surface area contributed by atoms with E-state index in [-0.39, 0.29) is 103 Å². The Balaban J connectivity index is -0.0000000551. The van der Waals surface area contributed by atoms with Gasteiger partial charge >= 0.3 is 0 Å². The first-order chi connectivity index (χ1) is 16.8. The van der Waals surface area contributed by atoms with Crippen LogP contribution in [0.25, 0.3) is 0 Å². The van der Waals surface area contributed by atoms with Gasteiger partial charge in [0.2, 0.25) is 0 Å². The van der Waals surface area contributed by atoms with Crippen LogP contribution in [0.4, 0.5) is 0 Å². The fourth-order valence-electron chi connectivity index (χ4n) is 2.59. The molecule has 0 radical (unpaired) electrons. The van der Waals surface area contributed by atoms with Crippen molar-refractivity contribution in [1.29, 1.82) is 0 Å². The Labute approximate surface area is 275 Å². The zero-order valence-corrected chi connectivity index (χ0v) is 29.8. The third-order valence-corrected chi connectivity index (χ3v) is 5.95. The molecule has 8 atom stereocenters. The minimum absolute atomic E-state index is 0. The molecule has 0 aliphatic carbocycles. The van der Waals surface area contributed by atoms with Crippen LogP contribution in [0.1, 0.15) is 132 Å². The minimum Gasteiger partial charge on any atom is -0.412 e. The van der Waals surface area contributed by atoms with Gasteiger partial charge in [-0.15, -0.1) is 0 Å². The van der Waals surface area contributed by atoms with Crippen molar-refractivity contribution in [2.75, 3.05) is 0 Å². The van der Waals surface area contributed by atoms with Gasteiger partial charge in [0.05, 0.1) is 48.8 Å². The summed E-state index contributed by atoms with van der Waals surface area (Å²) in [5.74, 6) is 0. The van der Waals surface area contributed by atoms with Gasteiger partial charge in [0.15, 0.2) is 0 Å². The molecule has 0 aliphatic rings. The summed E-state index contributed by atoms with van der Waals surface area (Å²) < 4.78 is 0. The third-order valence-electron chi connectivity index (χ3n) is 5.95. The molecule has 0 aliphatic heterocycles. The van der Waals surface area contributed by atoms with Gasteiger partial charge in [-0.25, -0.2) is 0 Å². The summed E-state index contributed by atoms with van der Waals surface area (Å²) in [6.45, 7) is 15.3. The van der Waals surface area contributed by atoms with Crippen molar-refractivity contribution >= 4 is 0 Å². The summed E-state index contributed by atoms with van der Waals surface area (Å²) in [5.41, 5.74) is 0. The van der Waals surface area contributed by atoms with Crippen LogP contribution in [0.3, 0.4) is 0 Å². The predicted molar refractivity (Wildman–Crippen MR) is 156 cm³/mol. The Kier molecular flexibility index (Phi) is 67.0. The standard InChI is InChI=1S/4C7H16O2.2H2O.2Ti/c4*1-3-6(8)5-7(9)4-2;;;;/h4*6-9H,3-5H2,1-2H3;2*1H2;;. The number of hydrogen-bond acceptors (Lipinski definition) is 8. The largest absolute Gasteiger partial charge is 0.412 e. The molecule has 40 heavy (non-hydrogen) atoms. The number of rotatable bonds is 16. The maximum Gasteiger partial charge on any atom is 0.0562 e. The third kappa shape index (κ3) is 51.7. The molecule has 0 saturated carbocycles. The van der Waals surface area contributed by atoms with Crippen molar-refractivity contribution in [3.05, 3.63) is 0 Å². The molecule has 0 heterocycles. The second-order valence-corrected chi connectivity index (χ2v) is 9.44. The van der Waals surface area contributed by atoms with Gasteiger partial charge in [0.25, 0.3) is 0 Å². The number of aliphatic hydroxyl groups is 8. The zero-order valence-electron chi connectivity index (χ0n) is 26.7.